The number of aromatic nitrogens is 2. The molecule has 9 heteroatoms. The van der Waals surface area contributed by atoms with Crippen LogP contribution in [0.25, 0.3) is 10.9 Å². The van der Waals surface area contributed by atoms with E-state index in [4.69, 9.17) is 21.1 Å². The highest BCUT2D eigenvalue weighted by Crippen LogP contribution is 2.30. The molecule has 34 heavy (non-hydrogen) atoms. The lowest BCUT2D eigenvalue weighted by atomic mass is 10.2. The number of carbonyl (C=O) groups is 1. The van der Waals surface area contributed by atoms with Crippen LogP contribution in [0.15, 0.2) is 46.0 Å². The molecule has 0 spiro atoms. The zero-order valence-electron chi connectivity index (χ0n) is 20.0. The van der Waals surface area contributed by atoms with Crippen LogP contribution in [0, 0.1) is 0 Å². The van der Waals surface area contributed by atoms with Gasteiger partial charge in [0.1, 0.15) is 6.54 Å². The van der Waals surface area contributed by atoms with Gasteiger partial charge in [0, 0.05) is 24.2 Å². The molecular formula is C25H30ClN3O5. The van der Waals surface area contributed by atoms with E-state index in [9.17, 15) is 14.4 Å². The van der Waals surface area contributed by atoms with Crippen molar-refractivity contribution in [1.29, 1.82) is 0 Å². The molecule has 0 aliphatic carbocycles. The fraction of sp³-hybridized carbons (Fsp3) is 0.400. The van der Waals surface area contributed by atoms with Crippen molar-refractivity contribution in [3.8, 4) is 11.5 Å². The number of fused-ring (bicyclic) bond motifs is 1. The van der Waals surface area contributed by atoms with Crippen molar-refractivity contribution < 1.29 is 14.3 Å². The average Bonchev–Trinajstić information content (AvgIpc) is 2.85. The number of likely N-dealkylation sites (N-methyl/N-ethyl adjacent to an activating group) is 1. The first kappa shape index (κ1) is 25.4. The number of amides is 1. The molecule has 2 aromatic carbocycles. The zero-order valence-corrected chi connectivity index (χ0v) is 20.7. The number of benzene rings is 2. The number of methoxy groups -OCH3 is 2. The molecule has 0 aliphatic heterocycles. The van der Waals surface area contributed by atoms with Crippen molar-refractivity contribution in [2.24, 2.45) is 0 Å². The molecule has 8 nitrogen and oxygen atoms in total. The molecule has 0 saturated heterocycles. The SMILES string of the molecule is CCCCN(CC)C(=O)Cn1c(=O)n(Cc2ccccc2Cl)c(=O)c2cc(OC)c(OC)cc21. The van der Waals surface area contributed by atoms with Crippen LogP contribution in [0.4, 0.5) is 0 Å². The third kappa shape index (κ3) is 5.12. The second-order valence-corrected chi connectivity index (χ2v) is 8.31. The summed E-state index contributed by atoms with van der Waals surface area (Å²) in [5.74, 6) is 0.514. The number of unbranched alkanes of at least 4 members (excludes halogenated alkanes) is 1. The number of rotatable bonds is 10. The fourth-order valence-corrected chi connectivity index (χ4v) is 4.07. The molecule has 0 radical (unpaired) electrons. The van der Waals surface area contributed by atoms with E-state index < -0.39 is 11.2 Å². The first-order valence-corrected chi connectivity index (χ1v) is 11.6. The molecule has 3 aromatic rings. The van der Waals surface area contributed by atoms with E-state index in [2.05, 4.69) is 6.92 Å². The van der Waals surface area contributed by atoms with Crippen molar-refractivity contribution in [3.05, 3.63) is 67.8 Å². The molecule has 1 aromatic heterocycles. The largest absolute Gasteiger partial charge is 0.493 e. The summed E-state index contributed by atoms with van der Waals surface area (Å²) in [6.07, 6.45) is 1.82. The van der Waals surface area contributed by atoms with Gasteiger partial charge in [-0.2, -0.15) is 0 Å². The van der Waals surface area contributed by atoms with Crippen LogP contribution < -0.4 is 20.7 Å². The van der Waals surface area contributed by atoms with Crippen LogP contribution >= 0.6 is 11.6 Å². The molecule has 0 bridgehead atoms. The maximum Gasteiger partial charge on any atom is 0.332 e. The molecule has 0 unspecified atom stereocenters. The van der Waals surface area contributed by atoms with E-state index in [0.29, 0.717) is 40.7 Å². The van der Waals surface area contributed by atoms with Gasteiger partial charge in [0.15, 0.2) is 11.5 Å². The first-order valence-electron chi connectivity index (χ1n) is 11.3. The van der Waals surface area contributed by atoms with Crippen molar-refractivity contribution in [2.45, 2.75) is 39.8 Å². The van der Waals surface area contributed by atoms with Gasteiger partial charge < -0.3 is 14.4 Å². The number of ether oxygens (including phenoxy) is 2. The number of carbonyl (C=O) groups excluding carboxylic acids is 1. The molecule has 0 saturated carbocycles. The summed E-state index contributed by atoms with van der Waals surface area (Å²) < 4.78 is 13.2. The van der Waals surface area contributed by atoms with Crippen LogP contribution in [0.1, 0.15) is 32.3 Å². The minimum atomic E-state index is -0.593. The highest BCUT2D eigenvalue weighted by Gasteiger charge is 2.21. The van der Waals surface area contributed by atoms with Gasteiger partial charge in [-0.3, -0.25) is 18.7 Å². The van der Waals surface area contributed by atoms with Gasteiger partial charge in [-0.25, -0.2) is 4.79 Å². The Labute approximate surface area is 203 Å². The fourth-order valence-electron chi connectivity index (χ4n) is 3.88. The summed E-state index contributed by atoms with van der Waals surface area (Å²) in [6, 6.07) is 10.1. The van der Waals surface area contributed by atoms with Gasteiger partial charge >= 0.3 is 5.69 Å². The second-order valence-electron chi connectivity index (χ2n) is 7.90. The minimum Gasteiger partial charge on any atom is -0.493 e. The van der Waals surface area contributed by atoms with E-state index >= 15 is 0 Å². The molecule has 0 fully saturated rings. The Balaban J connectivity index is 2.23. The third-order valence-corrected chi connectivity index (χ3v) is 6.19. The molecule has 1 heterocycles. The van der Waals surface area contributed by atoms with Crippen molar-refractivity contribution in [1.82, 2.24) is 14.0 Å². The predicted octanol–water partition coefficient (Wildman–Crippen LogP) is 3.53. The van der Waals surface area contributed by atoms with E-state index in [0.717, 1.165) is 17.4 Å². The van der Waals surface area contributed by atoms with E-state index in [1.807, 2.05) is 6.92 Å². The number of nitrogens with zero attached hydrogens (tertiary/aromatic N) is 3. The topological polar surface area (TPSA) is 82.8 Å². The molecule has 0 N–H and O–H groups in total. The van der Waals surface area contributed by atoms with Crippen LogP contribution in [-0.4, -0.2) is 47.3 Å². The standard InChI is InChI=1S/C25H30ClN3O5/c1-5-7-12-27(6-2)23(30)16-28-20-14-22(34-4)21(33-3)13-18(20)24(31)29(25(28)32)15-17-10-8-9-11-19(17)26/h8-11,13-14H,5-7,12,15-16H2,1-4H3. The molecular weight excluding hydrogens is 458 g/mol. The summed E-state index contributed by atoms with van der Waals surface area (Å²) >= 11 is 6.30. The Kier molecular flexibility index (Phi) is 8.39. The molecule has 1 amide bonds. The lowest BCUT2D eigenvalue weighted by Gasteiger charge is -2.22. The number of halogens is 1. The van der Waals surface area contributed by atoms with Gasteiger partial charge in [0.25, 0.3) is 5.56 Å². The lowest BCUT2D eigenvalue weighted by Crippen LogP contribution is -2.44. The normalized spacial score (nSPS) is 11.0. The van der Waals surface area contributed by atoms with Crippen molar-refractivity contribution in [2.75, 3.05) is 27.3 Å². The van der Waals surface area contributed by atoms with E-state index in [1.165, 1.54) is 24.9 Å². The quantitative estimate of drug-likeness (QED) is 0.437. The summed E-state index contributed by atoms with van der Waals surface area (Å²) in [5, 5.41) is 0.689. The van der Waals surface area contributed by atoms with Crippen molar-refractivity contribution in [3.63, 3.8) is 0 Å². The molecule has 0 atom stereocenters. The van der Waals surface area contributed by atoms with Gasteiger partial charge in [0.2, 0.25) is 5.91 Å². The number of hydrogen-bond acceptors (Lipinski definition) is 5. The Morgan fingerprint density at radius 2 is 1.71 bits per heavy atom. The lowest BCUT2D eigenvalue weighted by molar-refractivity contribution is -0.131. The Morgan fingerprint density at radius 1 is 1.03 bits per heavy atom. The Hall–Kier alpha value is -3.26. The monoisotopic (exact) mass is 487 g/mol. The first-order chi connectivity index (χ1) is 16.4. The molecule has 182 valence electrons. The van der Waals surface area contributed by atoms with Gasteiger partial charge in [0.05, 0.1) is 31.7 Å². The van der Waals surface area contributed by atoms with E-state index in [-0.39, 0.29) is 24.4 Å². The number of hydrogen-bond donors (Lipinski definition) is 0. The zero-order chi connectivity index (χ0) is 24.8. The summed E-state index contributed by atoms with van der Waals surface area (Å²) in [7, 11) is 2.94. The van der Waals surface area contributed by atoms with Gasteiger partial charge in [-0.1, -0.05) is 43.1 Å². The third-order valence-electron chi connectivity index (χ3n) is 5.83. The van der Waals surface area contributed by atoms with Crippen LogP contribution in [0.5, 0.6) is 11.5 Å². The van der Waals surface area contributed by atoms with Crippen LogP contribution in [0.2, 0.25) is 5.02 Å². The molecule has 0 aliphatic rings. The van der Waals surface area contributed by atoms with Gasteiger partial charge in [-0.05, 0) is 31.0 Å². The average molecular weight is 488 g/mol. The maximum absolute atomic E-state index is 13.6. The highest BCUT2D eigenvalue weighted by molar-refractivity contribution is 6.31. The predicted molar refractivity (Wildman–Crippen MR) is 133 cm³/mol. The maximum atomic E-state index is 13.6. The summed E-state index contributed by atoms with van der Waals surface area (Å²) in [5.41, 5.74) is -0.158. The summed E-state index contributed by atoms with van der Waals surface area (Å²) in [6.45, 7) is 4.87. The second kappa shape index (κ2) is 11.2. The van der Waals surface area contributed by atoms with Crippen LogP contribution in [0.3, 0.4) is 0 Å². The minimum absolute atomic E-state index is 0.0247. The smallest absolute Gasteiger partial charge is 0.332 e. The Morgan fingerprint density at radius 3 is 2.32 bits per heavy atom. The van der Waals surface area contributed by atoms with Crippen LogP contribution in [-0.2, 0) is 17.9 Å². The van der Waals surface area contributed by atoms with Crippen molar-refractivity contribution >= 4 is 28.4 Å². The summed E-state index contributed by atoms with van der Waals surface area (Å²) in [4.78, 5) is 41.8. The highest BCUT2D eigenvalue weighted by atomic mass is 35.5. The Bertz CT molecular complexity index is 1300. The van der Waals surface area contributed by atoms with Gasteiger partial charge in [-0.15, -0.1) is 0 Å². The van der Waals surface area contributed by atoms with E-state index in [1.54, 1.807) is 35.2 Å². The molecule has 3 rings (SSSR count).